The van der Waals surface area contributed by atoms with Crippen LogP contribution in [-0.4, -0.2) is 23.1 Å². The fourth-order valence-corrected chi connectivity index (χ4v) is 3.30. The summed E-state index contributed by atoms with van der Waals surface area (Å²) in [5.74, 6) is 1.39. The van der Waals surface area contributed by atoms with Crippen LogP contribution in [0.3, 0.4) is 0 Å². The Kier molecular flexibility index (Phi) is 5.23. The van der Waals surface area contributed by atoms with Gasteiger partial charge in [-0.25, -0.2) is 0 Å². The zero-order valence-corrected chi connectivity index (χ0v) is 12.9. The Morgan fingerprint density at radius 3 is 2.62 bits per heavy atom. The first kappa shape index (κ1) is 15.8. The molecule has 1 aliphatic rings. The van der Waals surface area contributed by atoms with Gasteiger partial charge in [0.2, 0.25) is 5.91 Å². The van der Waals surface area contributed by atoms with Gasteiger partial charge in [0.15, 0.2) is 0 Å². The van der Waals surface area contributed by atoms with Crippen LogP contribution in [0.1, 0.15) is 38.7 Å². The standard InChI is InChI=1S/C17H26N2O2/c1-3-13-6-9-16(11(13)2)19-17(21)15(18)10-12-4-7-14(20)8-5-12/h4-5,7-8,11,13,15-16,20H,3,6,9-10,18H2,1-2H3,(H,19,21). The Hall–Kier alpha value is -1.55. The van der Waals surface area contributed by atoms with Crippen molar-refractivity contribution in [3.63, 3.8) is 0 Å². The molecule has 21 heavy (non-hydrogen) atoms. The number of phenols is 1. The van der Waals surface area contributed by atoms with Crippen molar-refractivity contribution in [2.45, 2.75) is 51.6 Å². The van der Waals surface area contributed by atoms with E-state index < -0.39 is 6.04 Å². The Bertz CT molecular complexity index is 472. The Morgan fingerprint density at radius 1 is 1.38 bits per heavy atom. The van der Waals surface area contributed by atoms with Crippen molar-refractivity contribution in [2.24, 2.45) is 17.6 Å². The average Bonchev–Trinajstić information content (AvgIpc) is 2.82. The molecule has 0 radical (unpaired) electrons. The minimum atomic E-state index is -0.539. The fraction of sp³-hybridized carbons (Fsp3) is 0.588. The third-order valence-electron chi connectivity index (χ3n) is 4.81. The molecule has 0 heterocycles. The van der Waals surface area contributed by atoms with E-state index in [4.69, 9.17) is 5.73 Å². The summed E-state index contributed by atoms with van der Waals surface area (Å²) in [5.41, 5.74) is 6.96. The van der Waals surface area contributed by atoms with Crippen molar-refractivity contribution in [1.82, 2.24) is 5.32 Å². The summed E-state index contributed by atoms with van der Waals surface area (Å²) < 4.78 is 0. The van der Waals surface area contributed by atoms with Crippen LogP contribution in [0.5, 0.6) is 5.75 Å². The lowest BCUT2D eigenvalue weighted by Gasteiger charge is -2.22. The lowest BCUT2D eigenvalue weighted by atomic mass is 9.93. The SMILES string of the molecule is CCC1CCC(NC(=O)C(N)Cc2ccc(O)cc2)C1C. The van der Waals surface area contributed by atoms with Gasteiger partial charge >= 0.3 is 0 Å². The zero-order chi connectivity index (χ0) is 15.4. The number of nitrogens with one attached hydrogen (secondary N) is 1. The molecule has 116 valence electrons. The minimum absolute atomic E-state index is 0.0725. The Labute approximate surface area is 126 Å². The summed E-state index contributed by atoms with van der Waals surface area (Å²) >= 11 is 0. The van der Waals surface area contributed by atoms with E-state index in [1.165, 1.54) is 12.8 Å². The molecule has 1 aromatic carbocycles. The largest absolute Gasteiger partial charge is 0.508 e. The van der Waals surface area contributed by atoms with Gasteiger partial charge in [0, 0.05) is 6.04 Å². The third-order valence-corrected chi connectivity index (χ3v) is 4.81. The van der Waals surface area contributed by atoms with E-state index in [1.54, 1.807) is 24.3 Å². The van der Waals surface area contributed by atoms with E-state index in [0.717, 1.165) is 12.0 Å². The molecule has 0 saturated heterocycles. The summed E-state index contributed by atoms with van der Waals surface area (Å²) in [5, 5.41) is 12.4. The monoisotopic (exact) mass is 290 g/mol. The number of hydrogen-bond donors (Lipinski definition) is 3. The van der Waals surface area contributed by atoms with Gasteiger partial charge in [-0.2, -0.15) is 0 Å². The quantitative estimate of drug-likeness (QED) is 0.778. The number of hydrogen-bond acceptors (Lipinski definition) is 3. The highest BCUT2D eigenvalue weighted by molar-refractivity contribution is 5.82. The maximum Gasteiger partial charge on any atom is 0.237 e. The van der Waals surface area contributed by atoms with Gasteiger partial charge in [0.05, 0.1) is 6.04 Å². The number of aromatic hydroxyl groups is 1. The summed E-state index contributed by atoms with van der Waals surface area (Å²) in [4.78, 5) is 12.2. The molecule has 4 atom stereocenters. The molecule has 0 spiro atoms. The topological polar surface area (TPSA) is 75.4 Å². The number of carbonyl (C=O) groups is 1. The highest BCUT2D eigenvalue weighted by Crippen LogP contribution is 2.33. The molecule has 0 aliphatic heterocycles. The molecule has 2 rings (SSSR count). The molecule has 1 saturated carbocycles. The average molecular weight is 290 g/mol. The summed E-state index contributed by atoms with van der Waals surface area (Å²) in [6, 6.07) is 6.55. The van der Waals surface area contributed by atoms with E-state index in [0.29, 0.717) is 18.3 Å². The van der Waals surface area contributed by atoms with Gasteiger partial charge in [-0.05, 0) is 48.8 Å². The minimum Gasteiger partial charge on any atom is -0.508 e. The van der Waals surface area contributed by atoms with Crippen molar-refractivity contribution in [1.29, 1.82) is 0 Å². The van der Waals surface area contributed by atoms with E-state index in [-0.39, 0.29) is 17.7 Å². The molecular formula is C17H26N2O2. The molecule has 4 heteroatoms. The van der Waals surface area contributed by atoms with Crippen LogP contribution in [-0.2, 0) is 11.2 Å². The van der Waals surface area contributed by atoms with E-state index in [1.807, 2.05) is 0 Å². The zero-order valence-electron chi connectivity index (χ0n) is 12.9. The molecule has 1 fully saturated rings. The van der Waals surface area contributed by atoms with Crippen molar-refractivity contribution in [2.75, 3.05) is 0 Å². The highest BCUT2D eigenvalue weighted by Gasteiger charge is 2.33. The molecule has 4 unspecified atom stereocenters. The van der Waals surface area contributed by atoms with Gasteiger partial charge in [0.1, 0.15) is 5.75 Å². The van der Waals surface area contributed by atoms with Crippen molar-refractivity contribution in [3.05, 3.63) is 29.8 Å². The van der Waals surface area contributed by atoms with Crippen molar-refractivity contribution in [3.8, 4) is 5.75 Å². The molecule has 1 aromatic rings. The summed E-state index contributed by atoms with van der Waals surface area (Å²) in [6.45, 7) is 4.43. The normalized spacial score (nSPS) is 26.5. The lowest BCUT2D eigenvalue weighted by molar-refractivity contribution is -0.123. The van der Waals surface area contributed by atoms with Crippen molar-refractivity contribution >= 4 is 5.91 Å². The van der Waals surface area contributed by atoms with Gasteiger partial charge in [0.25, 0.3) is 0 Å². The molecule has 1 amide bonds. The number of nitrogens with two attached hydrogens (primary N) is 1. The second-order valence-corrected chi connectivity index (χ2v) is 6.20. The summed E-state index contributed by atoms with van der Waals surface area (Å²) in [7, 11) is 0. The molecule has 0 aromatic heterocycles. The molecule has 4 N–H and O–H groups in total. The van der Waals surface area contributed by atoms with Crippen LogP contribution in [0.15, 0.2) is 24.3 Å². The molecule has 0 bridgehead atoms. The van der Waals surface area contributed by atoms with Crippen LogP contribution >= 0.6 is 0 Å². The predicted octanol–water partition coefficient (Wildman–Crippen LogP) is 2.20. The number of amides is 1. The van der Waals surface area contributed by atoms with E-state index >= 15 is 0 Å². The molecule has 1 aliphatic carbocycles. The highest BCUT2D eigenvalue weighted by atomic mass is 16.3. The molecule has 4 nitrogen and oxygen atoms in total. The Morgan fingerprint density at radius 2 is 2.05 bits per heavy atom. The Balaban J connectivity index is 1.87. The number of benzene rings is 1. The van der Waals surface area contributed by atoms with Crippen LogP contribution in [0.2, 0.25) is 0 Å². The fourth-order valence-electron chi connectivity index (χ4n) is 3.30. The number of rotatable bonds is 5. The second kappa shape index (κ2) is 6.94. The van der Waals surface area contributed by atoms with Crippen LogP contribution in [0.4, 0.5) is 0 Å². The van der Waals surface area contributed by atoms with Gasteiger partial charge < -0.3 is 16.2 Å². The third kappa shape index (κ3) is 3.97. The van der Waals surface area contributed by atoms with E-state index in [9.17, 15) is 9.90 Å². The van der Waals surface area contributed by atoms with Crippen LogP contribution < -0.4 is 11.1 Å². The first-order valence-electron chi connectivity index (χ1n) is 7.85. The maximum atomic E-state index is 12.2. The number of carbonyl (C=O) groups excluding carboxylic acids is 1. The first-order valence-corrected chi connectivity index (χ1v) is 7.85. The van der Waals surface area contributed by atoms with E-state index in [2.05, 4.69) is 19.2 Å². The summed E-state index contributed by atoms with van der Waals surface area (Å²) in [6.07, 6.45) is 3.91. The van der Waals surface area contributed by atoms with Crippen LogP contribution in [0, 0.1) is 11.8 Å². The van der Waals surface area contributed by atoms with Crippen LogP contribution in [0.25, 0.3) is 0 Å². The van der Waals surface area contributed by atoms with Gasteiger partial charge in [-0.3, -0.25) is 4.79 Å². The first-order chi connectivity index (χ1) is 10.0. The van der Waals surface area contributed by atoms with Gasteiger partial charge in [-0.15, -0.1) is 0 Å². The maximum absolute atomic E-state index is 12.2. The second-order valence-electron chi connectivity index (χ2n) is 6.20. The number of phenolic OH excluding ortho intramolecular Hbond substituents is 1. The molecular weight excluding hydrogens is 264 g/mol. The predicted molar refractivity (Wildman–Crippen MR) is 83.9 cm³/mol. The lowest BCUT2D eigenvalue weighted by Crippen LogP contribution is -2.47. The van der Waals surface area contributed by atoms with Gasteiger partial charge in [-0.1, -0.05) is 32.4 Å². The van der Waals surface area contributed by atoms with Crippen molar-refractivity contribution < 1.29 is 9.90 Å². The smallest absolute Gasteiger partial charge is 0.237 e.